The van der Waals surface area contributed by atoms with Crippen LogP contribution in [-0.4, -0.2) is 42.8 Å². The van der Waals surface area contributed by atoms with Gasteiger partial charge in [0.2, 0.25) is 10.0 Å². The van der Waals surface area contributed by atoms with Crippen molar-refractivity contribution in [1.29, 1.82) is 0 Å². The Balaban J connectivity index is 1.93. The minimum Gasteiger partial charge on any atom is -0.489 e. The summed E-state index contributed by atoms with van der Waals surface area (Å²) in [7, 11) is -3.69. The summed E-state index contributed by atoms with van der Waals surface area (Å²) in [5.74, 6) is -0.0419. The number of nitrogens with one attached hydrogen (secondary N) is 1. The van der Waals surface area contributed by atoms with Crippen molar-refractivity contribution in [3.8, 4) is 16.3 Å². The summed E-state index contributed by atoms with van der Waals surface area (Å²) in [5.41, 5.74) is 1.46. The number of benzene rings is 2. The van der Waals surface area contributed by atoms with Gasteiger partial charge in [0, 0.05) is 24.0 Å². The third-order valence-corrected chi connectivity index (χ3v) is 7.60. The van der Waals surface area contributed by atoms with Gasteiger partial charge in [-0.15, -0.1) is 11.3 Å². The van der Waals surface area contributed by atoms with Gasteiger partial charge >= 0.3 is 0 Å². The summed E-state index contributed by atoms with van der Waals surface area (Å²) in [6, 6.07) is 14.1. The third kappa shape index (κ3) is 5.35. The molecule has 9 heteroatoms. The smallest absolute Gasteiger partial charge is 0.275 e. The molecule has 1 N–H and O–H groups in total. The van der Waals surface area contributed by atoms with Crippen molar-refractivity contribution in [1.82, 2.24) is 9.29 Å². The number of hydrogen-bond donors (Lipinski definition) is 1. The summed E-state index contributed by atoms with van der Waals surface area (Å²) in [4.78, 5) is 17.4. The largest absolute Gasteiger partial charge is 0.489 e. The Kier molecular flexibility index (Phi) is 7.65. The van der Waals surface area contributed by atoms with Crippen LogP contribution < -0.4 is 10.1 Å². The first kappa shape index (κ1) is 23.9. The first-order chi connectivity index (χ1) is 15.3. The van der Waals surface area contributed by atoms with Crippen molar-refractivity contribution < 1.29 is 17.9 Å². The van der Waals surface area contributed by atoms with Gasteiger partial charge in [-0.3, -0.25) is 4.79 Å². The topological polar surface area (TPSA) is 88.6 Å². The fraction of sp³-hybridized carbons (Fsp3) is 0.304. The van der Waals surface area contributed by atoms with Gasteiger partial charge in [-0.05, 0) is 32.0 Å². The Morgan fingerprint density at radius 3 is 2.44 bits per heavy atom. The molecule has 1 heterocycles. The SMILES string of the molecule is CCN(CC)S(=O)(=O)c1ccc(OC(C)C)c(NC(=O)c2csc(-c3ccccc3)n2)c1. The summed E-state index contributed by atoms with van der Waals surface area (Å²) < 4.78 is 33.1. The molecule has 2 aromatic carbocycles. The molecule has 0 aliphatic rings. The van der Waals surface area contributed by atoms with Crippen molar-refractivity contribution >= 4 is 33.0 Å². The Bertz CT molecular complexity index is 1170. The molecule has 0 atom stereocenters. The molecule has 0 spiro atoms. The van der Waals surface area contributed by atoms with E-state index in [-0.39, 0.29) is 22.4 Å². The number of amides is 1. The Hall–Kier alpha value is -2.75. The number of carbonyl (C=O) groups excluding carboxylic acids is 1. The monoisotopic (exact) mass is 473 g/mol. The highest BCUT2D eigenvalue weighted by Crippen LogP contribution is 2.31. The number of ether oxygens (including phenoxy) is 1. The first-order valence-electron chi connectivity index (χ1n) is 10.4. The van der Waals surface area contributed by atoms with Crippen LogP contribution in [0.5, 0.6) is 5.75 Å². The van der Waals surface area contributed by atoms with E-state index in [9.17, 15) is 13.2 Å². The lowest BCUT2D eigenvalue weighted by Gasteiger charge is -2.20. The molecular weight excluding hydrogens is 446 g/mol. The highest BCUT2D eigenvalue weighted by molar-refractivity contribution is 7.89. The maximum atomic E-state index is 13.0. The van der Waals surface area contributed by atoms with E-state index in [1.165, 1.54) is 27.8 Å². The van der Waals surface area contributed by atoms with Gasteiger partial charge in [-0.1, -0.05) is 44.2 Å². The Labute approximate surface area is 193 Å². The van der Waals surface area contributed by atoms with Crippen LogP contribution in [-0.2, 0) is 10.0 Å². The molecule has 0 fully saturated rings. The van der Waals surface area contributed by atoms with Crippen LogP contribution in [0.15, 0.2) is 58.8 Å². The van der Waals surface area contributed by atoms with Gasteiger partial charge in [0.1, 0.15) is 16.5 Å². The van der Waals surface area contributed by atoms with Crippen molar-refractivity contribution in [3.05, 3.63) is 59.6 Å². The van der Waals surface area contributed by atoms with E-state index < -0.39 is 15.9 Å². The number of carbonyl (C=O) groups is 1. The highest BCUT2D eigenvalue weighted by atomic mass is 32.2. The second-order valence-electron chi connectivity index (χ2n) is 7.27. The molecule has 1 aromatic heterocycles. The lowest BCUT2D eigenvalue weighted by Crippen LogP contribution is -2.30. The maximum Gasteiger partial charge on any atom is 0.275 e. The van der Waals surface area contributed by atoms with Gasteiger partial charge in [0.15, 0.2) is 0 Å². The lowest BCUT2D eigenvalue weighted by molar-refractivity contribution is 0.102. The normalized spacial score (nSPS) is 11.7. The van der Waals surface area contributed by atoms with E-state index in [1.807, 2.05) is 44.2 Å². The number of thiazole rings is 1. The van der Waals surface area contributed by atoms with Crippen LogP contribution in [0.1, 0.15) is 38.2 Å². The standard InChI is InChI=1S/C23H27N3O4S2/c1-5-26(6-2)32(28,29)18-12-13-21(30-16(3)4)19(14-18)24-22(27)20-15-31-23(25-20)17-10-8-7-9-11-17/h7-16H,5-6H2,1-4H3,(H,24,27). The van der Waals surface area contributed by atoms with Crippen LogP contribution in [0.4, 0.5) is 5.69 Å². The molecule has 0 saturated carbocycles. The Morgan fingerprint density at radius 2 is 1.81 bits per heavy atom. The van der Waals surface area contributed by atoms with Gasteiger partial charge < -0.3 is 10.1 Å². The molecule has 0 unspecified atom stereocenters. The van der Waals surface area contributed by atoms with E-state index in [0.29, 0.717) is 18.8 Å². The van der Waals surface area contributed by atoms with E-state index in [1.54, 1.807) is 25.3 Å². The number of rotatable bonds is 9. The number of anilines is 1. The molecule has 3 rings (SSSR count). The van der Waals surface area contributed by atoms with Crippen LogP contribution in [0, 0.1) is 0 Å². The molecule has 32 heavy (non-hydrogen) atoms. The first-order valence-corrected chi connectivity index (χ1v) is 12.7. The van der Waals surface area contributed by atoms with E-state index in [4.69, 9.17) is 4.74 Å². The van der Waals surface area contributed by atoms with Crippen molar-refractivity contribution in [2.45, 2.75) is 38.7 Å². The number of nitrogens with zero attached hydrogens (tertiary/aromatic N) is 2. The van der Waals surface area contributed by atoms with Gasteiger partial charge in [0.25, 0.3) is 5.91 Å². The average Bonchev–Trinajstić information content (AvgIpc) is 3.26. The van der Waals surface area contributed by atoms with Crippen LogP contribution in [0.25, 0.3) is 10.6 Å². The van der Waals surface area contributed by atoms with Crippen molar-refractivity contribution in [2.24, 2.45) is 0 Å². The van der Waals surface area contributed by atoms with E-state index >= 15 is 0 Å². The molecule has 0 radical (unpaired) electrons. The summed E-state index contributed by atoms with van der Waals surface area (Å²) in [6.07, 6.45) is -0.153. The average molecular weight is 474 g/mol. The van der Waals surface area contributed by atoms with Gasteiger partial charge in [-0.25, -0.2) is 13.4 Å². The summed E-state index contributed by atoms with van der Waals surface area (Å²) in [5, 5.41) is 5.19. The minimum absolute atomic E-state index is 0.0934. The minimum atomic E-state index is -3.69. The molecule has 7 nitrogen and oxygen atoms in total. The molecule has 170 valence electrons. The zero-order valence-electron chi connectivity index (χ0n) is 18.5. The molecule has 0 aliphatic heterocycles. The zero-order chi connectivity index (χ0) is 23.3. The molecule has 0 saturated heterocycles. The maximum absolute atomic E-state index is 13.0. The zero-order valence-corrected chi connectivity index (χ0v) is 20.2. The van der Waals surface area contributed by atoms with E-state index in [0.717, 1.165) is 10.6 Å². The number of aromatic nitrogens is 1. The summed E-state index contributed by atoms with van der Waals surface area (Å²) in [6.45, 7) is 7.99. The molecule has 1 amide bonds. The molecule has 0 bridgehead atoms. The van der Waals surface area contributed by atoms with E-state index in [2.05, 4.69) is 10.3 Å². The fourth-order valence-corrected chi connectivity index (χ4v) is 5.41. The molecule has 0 aliphatic carbocycles. The van der Waals surface area contributed by atoms with Crippen LogP contribution >= 0.6 is 11.3 Å². The Morgan fingerprint density at radius 1 is 1.12 bits per heavy atom. The van der Waals surface area contributed by atoms with Crippen LogP contribution in [0.2, 0.25) is 0 Å². The summed E-state index contributed by atoms with van der Waals surface area (Å²) >= 11 is 1.37. The number of hydrogen-bond acceptors (Lipinski definition) is 6. The molecule has 3 aromatic rings. The predicted molar refractivity (Wildman–Crippen MR) is 128 cm³/mol. The second kappa shape index (κ2) is 10.2. The third-order valence-electron chi connectivity index (χ3n) is 4.66. The fourth-order valence-electron chi connectivity index (χ4n) is 3.11. The van der Waals surface area contributed by atoms with Crippen molar-refractivity contribution in [2.75, 3.05) is 18.4 Å². The highest BCUT2D eigenvalue weighted by Gasteiger charge is 2.24. The van der Waals surface area contributed by atoms with Crippen molar-refractivity contribution in [3.63, 3.8) is 0 Å². The quantitative estimate of drug-likeness (QED) is 0.478. The lowest BCUT2D eigenvalue weighted by atomic mass is 10.2. The second-order valence-corrected chi connectivity index (χ2v) is 10.1. The van der Waals surface area contributed by atoms with Gasteiger partial charge in [-0.2, -0.15) is 4.31 Å². The van der Waals surface area contributed by atoms with Gasteiger partial charge in [0.05, 0.1) is 16.7 Å². The predicted octanol–water partition coefficient (Wildman–Crippen LogP) is 4.88. The van der Waals surface area contributed by atoms with Crippen LogP contribution in [0.3, 0.4) is 0 Å². The molecular formula is C23H27N3O4S2. The number of sulfonamides is 1.